The fourth-order valence-electron chi connectivity index (χ4n) is 3.28. The van der Waals surface area contributed by atoms with Crippen molar-refractivity contribution < 1.29 is 23.8 Å². The molecule has 0 radical (unpaired) electrons. The minimum atomic E-state index is -0.182. The van der Waals surface area contributed by atoms with Crippen molar-refractivity contribution in [2.45, 2.75) is 25.8 Å². The minimum absolute atomic E-state index is 0.0219. The third-order valence-corrected chi connectivity index (χ3v) is 4.83. The molecule has 7 nitrogen and oxygen atoms in total. The van der Waals surface area contributed by atoms with Crippen LogP contribution < -0.4 is 19.5 Å². The maximum absolute atomic E-state index is 12.3. The molecule has 0 saturated carbocycles. The van der Waals surface area contributed by atoms with Crippen LogP contribution in [-0.4, -0.2) is 55.7 Å². The summed E-state index contributed by atoms with van der Waals surface area (Å²) in [6.45, 7) is 3.56. The average Bonchev–Trinajstić information content (AvgIpc) is 2.78. The van der Waals surface area contributed by atoms with Gasteiger partial charge < -0.3 is 24.4 Å². The number of rotatable bonds is 9. The summed E-state index contributed by atoms with van der Waals surface area (Å²) in [5, 5.41) is 2.98. The summed E-state index contributed by atoms with van der Waals surface area (Å²) in [7, 11) is 0. The molecule has 1 fully saturated rings. The summed E-state index contributed by atoms with van der Waals surface area (Å²) in [4.78, 5) is 26.4. The predicted molar refractivity (Wildman–Crippen MR) is 113 cm³/mol. The van der Waals surface area contributed by atoms with Crippen molar-refractivity contribution in [3.8, 4) is 17.2 Å². The zero-order valence-electron chi connectivity index (χ0n) is 17.2. The number of para-hydroxylation sites is 3. The van der Waals surface area contributed by atoms with Crippen LogP contribution in [0.3, 0.4) is 0 Å². The summed E-state index contributed by atoms with van der Waals surface area (Å²) < 4.78 is 16.6. The number of nitrogens with zero attached hydrogens (tertiary/aromatic N) is 1. The van der Waals surface area contributed by atoms with Gasteiger partial charge in [0, 0.05) is 19.1 Å². The fourth-order valence-corrected chi connectivity index (χ4v) is 3.28. The Bertz CT molecular complexity index is 819. The SMILES string of the molecule is CCOc1ccccc1OCC(=O)NC1CCN(C(=O)COc2ccccc2)CC1. The quantitative estimate of drug-likeness (QED) is 0.685. The van der Waals surface area contributed by atoms with Crippen molar-refractivity contribution in [1.82, 2.24) is 10.2 Å². The van der Waals surface area contributed by atoms with Crippen molar-refractivity contribution in [2.75, 3.05) is 32.9 Å². The number of likely N-dealkylation sites (tertiary alicyclic amines) is 1. The number of nitrogens with one attached hydrogen (secondary N) is 1. The Balaban J connectivity index is 1.37. The molecule has 2 aromatic carbocycles. The average molecular weight is 412 g/mol. The molecule has 160 valence electrons. The number of hydrogen-bond donors (Lipinski definition) is 1. The molecule has 0 atom stereocenters. The summed E-state index contributed by atoms with van der Waals surface area (Å²) in [5.74, 6) is 1.63. The van der Waals surface area contributed by atoms with Gasteiger partial charge >= 0.3 is 0 Å². The third-order valence-electron chi connectivity index (χ3n) is 4.83. The molecule has 0 spiro atoms. The van der Waals surface area contributed by atoms with Gasteiger partial charge in [-0.1, -0.05) is 30.3 Å². The number of ether oxygens (including phenoxy) is 3. The largest absolute Gasteiger partial charge is 0.490 e. The second kappa shape index (κ2) is 11.1. The normalized spacial score (nSPS) is 14.1. The summed E-state index contributed by atoms with van der Waals surface area (Å²) in [6, 6.07) is 16.6. The van der Waals surface area contributed by atoms with Gasteiger partial charge in [0.05, 0.1) is 6.61 Å². The molecule has 0 aromatic heterocycles. The standard InChI is InChI=1S/C23H28N2O5/c1-2-28-20-10-6-7-11-21(20)30-16-22(26)24-18-12-14-25(15-13-18)23(27)17-29-19-8-4-3-5-9-19/h3-11,18H,2,12-17H2,1H3,(H,24,26). The van der Waals surface area contributed by atoms with Crippen molar-refractivity contribution in [1.29, 1.82) is 0 Å². The third kappa shape index (κ3) is 6.40. The lowest BCUT2D eigenvalue weighted by Crippen LogP contribution is -2.48. The van der Waals surface area contributed by atoms with Gasteiger partial charge in [-0.25, -0.2) is 0 Å². The number of piperidine rings is 1. The van der Waals surface area contributed by atoms with Crippen molar-refractivity contribution >= 4 is 11.8 Å². The molecule has 2 aromatic rings. The van der Waals surface area contributed by atoms with E-state index in [0.717, 1.165) is 0 Å². The van der Waals surface area contributed by atoms with Crippen molar-refractivity contribution in [3.05, 3.63) is 54.6 Å². The second-order valence-electron chi connectivity index (χ2n) is 6.99. The summed E-state index contributed by atoms with van der Waals surface area (Å²) >= 11 is 0. The first-order valence-corrected chi connectivity index (χ1v) is 10.3. The molecule has 1 N–H and O–H groups in total. The highest BCUT2D eigenvalue weighted by atomic mass is 16.5. The van der Waals surface area contributed by atoms with E-state index in [0.29, 0.717) is 49.8 Å². The van der Waals surface area contributed by atoms with Crippen LogP contribution in [0.1, 0.15) is 19.8 Å². The van der Waals surface area contributed by atoms with E-state index in [1.165, 1.54) is 0 Å². The molecule has 2 amide bonds. The first-order valence-electron chi connectivity index (χ1n) is 10.3. The first-order chi connectivity index (χ1) is 14.7. The van der Waals surface area contributed by atoms with E-state index in [1.54, 1.807) is 11.0 Å². The zero-order chi connectivity index (χ0) is 21.2. The number of hydrogen-bond acceptors (Lipinski definition) is 5. The zero-order valence-corrected chi connectivity index (χ0v) is 17.2. The van der Waals surface area contributed by atoms with Crippen LogP contribution in [-0.2, 0) is 9.59 Å². The Kier molecular flexibility index (Phi) is 7.94. The van der Waals surface area contributed by atoms with Crippen LogP contribution in [0.15, 0.2) is 54.6 Å². The lowest BCUT2D eigenvalue weighted by atomic mass is 10.1. The number of amides is 2. The molecule has 1 aliphatic heterocycles. The maximum Gasteiger partial charge on any atom is 0.260 e. The van der Waals surface area contributed by atoms with E-state index >= 15 is 0 Å². The van der Waals surface area contributed by atoms with Crippen LogP contribution in [0, 0.1) is 0 Å². The smallest absolute Gasteiger partial charge is 0.260 e. The van der Waals surface area contributed by atoms with E-state index in [4.69, 9.17) is 14.2 Å². The van der Waals surface area contributed by atoms with E-state index < -0.39 is 0 Å². The van der Waals surface area contributed by atoms with Gasteiger partial charge in [0.25, 0.3) is 11.8 Å². The van der Waals surface area contributed by atoms with E-state index in [9.17, 15) is 9.59 Å². The first kappa shape index (κ1) is 21.5. The Morgan fingerprint density at radius 2 is 1.53 bits per heavy atom. The lowest BCUT2D eigenvalue weighted by molar-refractivity contribution is -0.134. The van der Waals surface area contributed by atoms with Crippen molar-refractivity contribution in [3.63, 3.8) is 0 Å². The van der Waals surface area contributed by atoms with Crippen LogP contribution >= 0.6 is 0 Å². The van der Waals surface area contributed by atoms with Gasteiger partial charge in [-0.05, 0) is 44.0 Å². The number of carbonyl (C=O) groups excluding carboxylic acids is 2. The molecule has 1 saturated heterocycles. The second-order valence-corrected chi connectivity index (χ2v) is 6.99. The van der Waals surface area contributed by atoms with Gasteiger partial charge in [0.15, 0.2) is 24.7 Å². The topological polar surface area (TPSA) is 77.1 Å². The minimum Gasteiger partial charge on any atom is -0.490 e. The van der Waals surface area contributed by atoms with E-state index in [1.807, 2.05) is 55.5 Å². The highest BCUT2D eigenvalue weighted by Gasteiger charge is 2.24. The highest BCUT2D eigenvalue weighted by molar-refractivity contribution is 5.79. The summed E-state index contributed by atoms with van der Waals surface area (Å²) in [6.07, 6.45) is 1.41. The molecule has 1 heterocycles. The Labute approximate surface area is 176 Å². The fraction of sp³-hybridized carbons (Fsp3) is 0.391. The Hall–Kier alpha value is -3.22. The molecule has 0 unspecified atom stereocenters. The summed E-state index contributed by atoms with van der Waals surface area (Å²) in [5.41, 5.74) is 0. The van der Waals surface area contributed by atoms with Gasteiger partial charge in [0.1, 0.15) is 5.75 Å². The van der Waals surface area contributed by atoms with Crippen LogP contribution in [0.5, 0.6) is 17.2 Å². The Morgan fingerprint density at radius 1 is 0.900 bits per heavy atom. The molecule has 1 aliphatic rings. The maximum atomic E-state index is 12.3. The number of carbonyl (C=O) groups is 2. The van der Waals surface area contributed by atoms with Gasteiger partial charge in [0.2, 0.25) is 0 Å². The molecular formula is C23H28N2O5. The monoisotopic (exact) mass is 412 g/mol. The molecule has 3 rings (SSSR count). The number of benzene rings is 2. The molecule has 0 aliphatic carbocycles. The Morgan fingerprint density at radius 3 is 2.20 bits per heavy atom. The van der Waals surface area contributed by atoms with Crippen LogP contribution in [0.2, 0.25) is 0 Å². The predicted octanol–water partition coefficient (Wildman–Crippen LogP) is 2.65. The molecular weight excluding hydrogens is 384 g/mol. The molecule has 7 heteroatoms. The lowest BCUT2D eigenvalue weighted by Gasteiger charge is -2.32. The molecule has 30 heavy (non-hydrogen) atoms. The van der Waals surface area contributed by atoms with E-state index in [2.05, 4.69) is 5.32 Å². The van der Waals surface area contributed by atoms with Gasteiger partial charge in [-0.2, -0.15) is 0 Å². The van der Waals surface area contributed by atoms with Crippen LogP contribution in [0.25, 0.3) is 0 Å². The van der Waals surface area contributed by atoms with Crippen molar-refractivity contribution in [2.24, 2.45) is 0 Å². The molecule has 0 bridgehead atoms. The highest BCUT2D eigenvalue weighted by Crippen LogP contribution is 2.26. The van der Waals surface area contributed by atoms with Gasteiger partial charge in [-0.15, -0.1) is 0 Å². The van der Waals surface area contributed by atoms with Gasteiger partial charge in [-0.3, -0.25) is 9.59 Å². The van der Waals surface area contributed by atoms with E-state index in [-0.39, 0.29) is 31.1 Å². The van der Waals surface area contributed by atoms with Crippen LogP contribution in [0.4, 0.5) is 0 Å².